The van der Waals surface area contributed by atoms with E-state index >= 15 is 0 Å². The molecule has 2 N–H and O–H groups in total. The molecule has 1 amide bonds. The van der Waals surface area contributed by atoms with E-state index in [1.165, 1.54) is 12.1 Å². The number of fused-ring (bicyclic) bond motifs is 1. The first kappa shape index (κ1) is 10.5. The molecule has 3 rings (SSSR count). The molecule has 2 heterocycles. The predicted octanol–water partition coefficient (Wildman–Crippen LogP) is 2.01. The smallest absolute Gasteiger partial charge is 0.269 e. The average molecular weight is 243 g/mol. The van der Waals surface area contributed by atoms with Gasteiger partial charge in [-0.25, -0.2) is 0 Å². The van der Waals surface area contributed by atoms with Gasteiger partial charge in [-0.15, -0.1) is 0 Å². The van der Waals surface area contributed by atoms with Gasteiger partial charge in [0.25, 0.3) is 5.69 Å². The second kappa shape index (κ2) is 3.69. The van der Waals surface area contributed by atoms with Crippen LogP contribution in [0.2, 0.25) is 0 Å². The van der Waals surface area contributed by atoms with Crippen molar-refractivity contribution in [1.82, 2.24) is 4.98 Å². The predicted molar refractivity (Wildman–Crippen MR) is 64.4 cm³/mol. The molecular weight excluding hydrogens is 234 g/mol. The Kier molecular flexibility index (Phi) is 2.16. The van der Waals surface area contributed by atoms with Crippen LogP contribution < -0.4 is 5.32 Å². The third kappa shape index (κ3) is 1.46. The van der Waals surface area contributed by atoms with Crippen LogP contribution in [0.5, 0.6) is 0 Å². The zero-order valence-electron chi connectivity index (χ0n) is 9.21. The van der Waals surface area contributed by atoms with E-state index in [1.54, 1.807) is 24.4 Å². The van der Waals surface area contributed by atoms with Crippen molar-refractivity contribution in [2.75, 3.05) is 5.32 Å². The van der Waals surface area contributed by atoms with Crippen molar-refractivity contribution in [2.45, 2.75) is 5.92 Å². The van der Waals surface area contributed by atoms with Crippen molar-refractivity contribution in [3.63, 3.8) is 0 Å². The standard InChI is InChI=1S/C12H9N3O3/c16-12-11(10-2-1-5-13-10)8-6-7(15(17)18)3-4-9(8)14-12/h1-6,11,13H,(H,14,16). The number of benzene rings is 1. The second-order valence-electron chi connectivity index (χ2n) is 4.08. The van der Waals surface area contributed by atoms with Gasteiger partial charge in [0.2, 0.25) is 5.91 Å². The molecular formula is C12H9N3O3. The number of nitrogens with one attached hydrogen (secondary N) is 2. The molecule has 0 bridgehead atoms. The number of hydrogen-bond donors (Lipinski definition) is 2. The van der Waals surface area contributed by atoms with E-state index in [4.69, 9.17) is 0 Å². The Morgan fingerprint density at radius 1 is 1.28 bits per heavy atom. The summed E-state index contributed by atoms with van der Waals surface area (Å²) in [6.45, 7) is 0. The van der Waals surface area contributed by atoms with Crippen molar-refractivity contribution in [3.05, 3.63) is 57.9 Å². The van der Waals surface area contributed by atoms with Crippen LogP contribution in [-0.2, 0) is 4.79 Å². The van der Waals surface area contributed by atoms with Gasteiger partial charge in [-0.05, 0) is 18.2 Å². The first-order valence-electron chi connectivity index (χ1n) is 5.39. The van der Waals surface area contributed by atoms with Crippen LogP contribution in [0.3, 0.4) is 0 Å². The maximum absolute atomic E-state index is 11.9. The fourth-order valence-corrected chi connectivity index (χ4v) is 2.20. The number of hydrogen-bond acceptors (Lipinski definition) is 3. The lowest BCUT2D eigenvalue weighted by Gasteiger charge is -2.05. The van der Waals surface area contributed by atoms with Gasteiger partial charge in [-0.2, -0.15) is 0 Å². The first-order valence-corrected chi connectivity index (χ1v) is 5.39. The summed E-state index contributed by atoms with van der Waals surface area (Å²) < 4.78 is 0. The number of anilines is 1. The van der Waals surface area contributed by atoms with Gasteiger partial charge >= 0.3 is 0 Å². The summed E-state index contributed by atoms with van der Waals surface area (Å²) in [5.74, 6) is -0.678. The number of nitro benzene ring substituents is 1. The first-order chi connectivity index (χ1) is 8.66. The molecule has 1 aliphatic heterocycles. The summed E-state index contributed by atoms with van der Waals surface area (Å²) in [5.41, 5.74) is 1.98. The highest BCUT2D eigenvalue weighted by molar-refractivity contribution is 6.05. The number of aromatic nitrogens is 1. The van der Waals surface area contributed by atoms with Crippen LogP contribution in [0.1, 0.15) is 17.2 Å². The van der Waals surface area contributed by atoms with Crippen LogP contribution in [0.15, 0.2) is 36.5 Å². The van der Waals surface area contributed by atoms with E-state index in [1.807, 2.05) is 0 Å². The molecule has 2 aromatic rings. The number of rotatable bonds is 2. The zero-order valence-corrected chi connectivity index (χ0v) is 9.21. The lowest BCUT2D eigenvalue weighted by atomic mass is 9.97. The van der Waals surface area contributed by atoms with E-state index in [0.717, 1.165) is 5.69 Å². The van der Waals surface area contributed by atoms with E-state index in [0.29, 0.717) is 11.3 Å². The molecule has 90 valence electrons. The number of amides is 1. The Balaban J connectivity index is 2.13. The Morgan fingerprint density at radius 3 is 2.78 bits per heavy atom. The van der Waals surface area contributed by atoms with Crippen LogP contribution in [-0.4, -0.2) is 15.8 Å². The highest BCUT2D eigenvalue weighted by Gasteiger charge is 2.33. The molecule has 0 saturated carbocycles. The largest absolute Gasteiger partial charge is 0.364 e. The third-order valence-electron chi connectivity index (χ3n) is 3.01. The van der Waals surface area contributed by atoms with Crippen LogP contribution >= 0.6 is 0 Å². The van der Waals surface area contributed by atoms with Crippen molar-refractivity contribution < 1.29 is 9.72 Å². The van der Waals surface area contributed by atoms with Gasteiger partial charge < -0.3 is 10.3 Å². The number of nitrogens with zero attached hydrogens (tertiary/aromatic N) is 1. The van der Waals surface area contributed by atoms with Crippen molar-refractivity contribution in [2.24, 2.45) is 0 Å². The lowest BCUT2D eigenvalue weighted by molar-refractivity contribution is -0.384. The average Bonchev–Trinajstić information content (AvgIpc) is 2.93. The summed E-state index contributed by atoms with van der Waals surface area (Å²) in [6.07, 6.45) is 1.72. The summed E-state index contributed by atoms with van der Waals surface area (Å²) in [5, 5.41) is 13.5. The second-order valence-corrected chi connectivity index (χ2v) is 4.08. The Bertz CT molecular complexity index is 634. The summed E-state index contributed by atoms with van der Waals surface area (Å²) in [7, 11) is 0. The third-order valence-corrected chi connectivity index (χ3v) is 3.01. The molecule has 1 aromatic carbocycles. The van der Waals surface area contributed by atoms with Crippen molar-refractivity contribution in [3.8, 4) is 0 Å². The molecule has 0 fully saturated rings. The molecule has 6 heteroatoms. The van der Waals surface area contributed by atoms with Gasteiger partial charge in [0.1, 0.15) is 5.92 Å². The monoisotopic (exact) mass is 243 g/mol. The normalized spacial score (nSPS) is 17.3. The topological polar surface area (TPSA) is 88.0 Å². The molecule has 18 heavy (non-hydrogen) atoms. The minimum absolute atomic E-state index is 0.0122. The van der Waals surface area contributed by atoms with E-state index < -0.39 is 10.8 Å². The van der Waals surface area contributed by atoms with E-state index in [2.05, 4.69) is 10.3 Å². The van der Waals surface area contributed by atoms with Crippen LogP contribution in [0.25, 0.3) is 0 Å². The zero-order chi connectivity index (χ0) is 12.7. The molecule has 1 aliphatic rings. The van der Waals surface area contributed by atoms with Crippen molar-refractivity contribution in [1.29, 1.82) is 0 Å². The number of H-pyrrole nitrogens is 1. The van der Waals surface area contributed by atoms with Gasteiger partial charge in [0.05, 0.1) is 4.92 Å². The summed E-state index contributed by atoms with van der Waals surface area (Å²) in [4.78, 5) is 25.2. The highest BCUT2D eigenvalue weighted by Crippen LogP contribution is 2.38. The lowest BCUT2D eigenvalue weighted by Crippen LogP contribution is -2.13. The minimum atomic E-state index is -0.505. The fourth-order valence-electron chi connectivity index (χ4n) is 2.20. The van der Waals surface area contributed by atoms with Crippen molar-refractivity contribution >= 4 is 17.3 Å². The SMILES string of the molecule is O=C1Nc2ccc([N+](=O)[O-])cc2C1c1ccc[nH]1. The number of non-ortho nitro benzene ring substituents is 1. The molecule has 1 atom stereocenters. The maximum atomic E-state index is 11.9. The molecule has 1 unspecified atom stereocenters. The number of aromatic amines is 1. The van der Waals surface area contributed by atoms with Gasteiger partial charge in [0, 0.05) is 35.3 Å². The van der Waals surface area contributed by atoms with Gasteiger partial charge in [0.15, 0.2) is 0 Å². The van der Waals surface area contributed by atoms with Gasteiger partial charge in [-0.1, -0.05) is 0 Å². The fraction of sp³-hybridized carbons (Fsp3) is 0.0833. The van der Waals surface area contributed by atoms with E-state index in [-0.39, 0.29) is 11.6 Å². The summed E-state index contributed by atoms with van der Waals surface area (Å²) >= 11 is 0. The molecule has 1 aromatic heterocycles. The Hall–Kier alpha value is -2.63. The van der Waals surface area contributed by atoms with E-state index in [9.17, 15) is 14.9 Å². The maximum Gasteiger partial charge on any atom is 0.269 e. The molecule has 0 saturated heterocycles. The molecule has 0 aliphatic carbocycles. The highest BCUT2D eigenvalue weighted by atomic mass is 16.6. The molecule has 0 spiro atoms. The van der Waals surface area contributed by atoms with Gasteiger partial charge in [-0.3, -0.25) is 14.9 Å². The Labute approximate surface area is 102 Å². The molecule has 6 nitrogen and oxygen atoms in total. The Morgan fingerprint density at radius 2 is 2.11 bits per heavy atom. The number of carbonyl (C=O) groups is 1. The number of carbonyl (C=O) groups excluding carboxylic acids is 1. The van der Waals surface area contributed by atoms with Crippen LogP contribution in [0.4, 0.5) is 11.4 Å². The van der Waals surface area contributed by atoms with Crippen LogP contribution in [0, 0.1) is 10.1 Å². The minimum Gasteiger partial charge on any atom is -0.364 e. The quantitative estimate of drug-likeness (QED) is 0.624. The summed E-state index contributed by atoms with van der Waals surface area (Å²) in [6, 6.07) is 7.97. The molecule has 0 radical (unpaired) electrons. The number of nitro groups is 1.